The Morgan fingerprint density at radius 2 is 1.88 bits per heavy atom. The lowest BCUT2D eigenvalue weighted by atomic mass is 10.0. The molecule has 0 bridgehead atoms. The van der Waals surface area contributed by atoms with Gasteiger partial charge in [-0.15, -0.1) is 0 Å². The highest BCUT2D eigenvalue weighted by molar-refractivity contribution is 5.81. The first kappa shape index (κ1) is 17.2. The third-order valence-electron chi connectivity index (χ3n) is 5.21. The molecule has 5 heteroatoms. The fraction of sp³-hybridized carbons (Fsp3) is 0.632. The molecule has 0 spiro atoms. The summed E-state index contributed by atoms with van der Waals surface area (Å²) in [5.41, 5.74) is 2.41. The summed E-state index contributed by atoms with van der Waals surface area (Å²) in [6, 6.07) is 8.65. The summed E-state index contributed by atoms with van der Waals surface area (Å²) >= 11 is 0. The van der Waals surface area contributed by atoms with Crippen LogP contribution in [0.3, 0.4) is 0 Å². The van der Waals surface area contributed by atoms with Crippen molar-refractivity contribution in [2.24, 2.45) is 0 Å². The summed E-state index contributed by atoms with van der Waals surface area (Å²) in [7, 11) is 0. The van der Waals surface area contributed by atoms with Crippen molar-refractivity contribution in [1.82, 2.24) is 10.6 Å². The molecule has 2 fully saturated rings. The first-order valence-corrected chi connectivity index (χ1v) is 9.20. The second-order valence-corrected chi connectivity index (χ2v) is 7.04. The predicted octanol–water partition coefficient (Wildman–Crippen LogP) is 1.97. The van der Waals surface area contributed by atoms with Crippen LogP contribution in [0.4, 0.5) is 5.69 Å². The fourth-order valence-corrected chi connectivity index (χ4v) is 3.59. The maximum Gasteiger partial charge on any atom is 0.237 e. The van der Waals surface area contributed by atoms with Gasteiger partial charge in [0.1, 0.15) is 0 Å². The Bertz CT molecular complexity index is 538. The van der Waals surface area contributed by atoms with E-state index in [2.05, 4.69) is 46.7 Å². The molecule has 2 aliphatic heterocycles. The number of nitrogens with one attached hydrogen (secondary N) is 2. The fourth-order valence-electron chi connectivity index (χ4n) is 3.59. The van der Waals surface area contributed by atoms with Crippen LogP contribution < -0.4 is 15.5 Å². The lowest BCUT2D eigenvalue weighted by molar-refractivity contribution is -0.123. The smallest absolute Gasteiger partial charge is 0.237 e. The normalized spacial score (nSPS) is 24.3. The molecule has 0 saturated carbocycles. The molecule has 5 nitrogen and oxygen atoms in total. The molecule has 3 N–H and O–H groups in total. The lowest BCUT2D eigenvalue weighted by Crippen LogP contribution is -2.43. The molecule has 2 heterocycles. The molecule has 1 aromatic carbocycles. The molecule has 3 rings (SSSR count). The van der Waals surface area contributed by atoms with E-state index in [0.29, 0.717) is 0 Å². The summed E-state index contributed by atoms with van der Waals surface area (Å²) < 4.78 is 0. The Hall–Kier alpha value is -1.59. The second kappa shape index (κ2) is 7.99. The minimum absolute atomic E-state index is 0.0919. The zero-order valence-electron chi connectivity index (χ0n) is 14.5. The van der Waals surface area contributed by atoms with E-state index in [1.807, 2.05) is 0 Å². The molecule has 1 amide bonds. The summed E-state index contributed by atoms with van der Waals surface area (Å²) in [6.45, 7) is 4.74. The molecule has 0 radical (unpaired) electrons. The first-order valence-electron chi connectivity index (χ1n) is 9.20. The number of nitrogens with zero attached hydrogens (tertiary/aromatic N) is 1. The highest BCUT2D eigenvalue weighted by Crippen LogP contribution is 2.23. The van der Waals surface area contributed by atoms with E-state index in [-0.39, 0.29) is 24.1 Å². The van der Waals surface area contributed by atoms with Gasteiger partial charge in [-0.05, 0) is 56.7 Å². The van der Waals surface area contributed by atoms with Crippen molar-refractivity contribution in [3.63, 3.8) is 0 Å². The molecule has 1 aromatic rings. The van der Waals surface area contributed by atoms with E-state index < -0.39 is 0 Å². The Kier molecular flexibility index (Phi) is 5.74. The third-order valence-corrected chi connectivity index (χ3v) is 5.21. The molecule has 2 atom stereocenters. The van der Waals surface area contributed by atoms with Crippen LogP contribution in [0.15, 0.2) is 24.3 Å². The number of hydrogen-bond acceptors (Lipinski definition) is 4. The van der Waals surface area contributed by atoms with Gasteiger partial charge in [-0.3, -0.25) is 10.1 Å². The monoisotopic (exact) mass is 331 g/mol. The van der Waals surface area contributed by atoms with Crippen LogP contribution in [-0.2, 0) is 4.79 Å². The van der Waals surface area contributed by atoms with Gasteiger partial charge in [0.15, 0.2) is 0 Å². The van der Waals surface area contributed by atoms with Gasteiger partial charge in [-0.1, -0.05) is 12.1 Å². The number of piperidine rings is 1. The van der Waals surface area contributed by atoms with Gasteiger partial charge >= 0.3 is 0 Å². The van der Waals surface area contributed by atoms with Gasteiger partial charge in [0.05, 0.1) is 12.1 Å². The summed E-state index contributed by atoms with van der Waals surface area (Å²) in [5.74, 6) is 0.128. The number of carbonyl (C=O) groups excluding carboxylic acids is 1. The highest BCUT2D eigenvalue weighted by atomic mass is 16.3. The van der Waals surface area contributed by atoms with Crippen molar-refractivity contribution in [1.29, 1.82) is 0 Å². The number of hydrogen-bond donors (Lipinski definition) is 3. The standard InChI is InChI=1S/C19H29N3O2/c1-14(21-18-4-2-3-11-20-19(18)24)15-5-7-16(8-6-15)22-12-9-17(23)10-13-22/h5-8,14,17-18,21,23H,2-4,9-13H2,1H3,(H,20,24). The summed E-state index contributed by atoms with van der Waals surface area (Å²) in [6.07, 6.45) is 4.60. The molecule has 0 aliphatic carbocycles. The van der Waals surface area contributed by atoms with E-state index in [0.717, 1.165) is 51.7 Å². The van der Waals surface area contributed by atoms with E-state index in [4.69, 9.17) is 0 Å². The van der Waals surface area contributed by atoms with Crippen molar-refractivity contribution in [2.45, 2.75) is 57.2 Å². The van der Waals surface area contributed by atoms with Crippen LogP contribution >= 0.6 is 0 Å². The van der Waals surface area contributed by atoms with E-state index >= 15 is 0 Å². The van der Waals surface area contributed by atoms with Crippen molar-refractivity contribution >= 4 is 11.6 Å². The van der Waals surface area contributed by atoms with Gasteiger partial charge in [-0.25, -0.2) is 0 Å². The lowest BCUT2D eigenvalue weighted by Gasteiger charge is -2.31. The SMILES string of the molecule is CC(NC1CCCCNC1=O)c1ccc(N2CCC(O)CC2)cc1. The van der Waals surface area contributed by atoms with Crippen LogP contribution in [0.5, 0.6) is 0 Å². The second-order valence-electron chi connectivity index (χ2n) is 7.04. The molecule has 2 unspecified atom stereocenters. The van der Waals surface area contributed by atoms with Gasteiger partial charge < -0.3 is 15.3 Å². The van der Waals surface area contributed by atoms with Crippen LogP contribution in [0.2, 0.25) is 0 Å². The zero-order valence-corrected chi connectivity index (χ0v) is 14.5. The molecule has 0 aromatic heterocycles. The molecule has 24 heavy (non-hydrogen) atoms. The van der Waals surface area contributed by atoms with Gasteiger partial charge in [-0.2, -0.15) is 0 Å². The Labute approximate surface area is 144 Å². The number of anilines is 1. The largest absolute Gasteiger partial charge is 0.393 e. The minimum atomic E-state index is -0.143. The Morgan fingerprint density at radius 3 is 2.58 bits per heavy atom. The number of aliphatic hydroxyl groups excluding tert-OH is 1. The zero-order chi connectivity index (χ0) is 16.9. The summed E-state index contributed by atoms with van der Waals surface area (Å²) in [4.78, 5) is 14.4. The van der Waals surface area contributed by atoms with Gasteiger partial charge in [0.2, 0.25) is 5.91 Å². The van der Waals surface area contributed by atoms with Crippen LogP contribution in [0.1, 0.15) is 50.6 Å². The number of benzene rings is 1. The summed E-state index contributed by atoms with van der Waals surface area (Å²) in [5, 5.41) is 16.1. The van der Waals surface area contributed by atoms with Crippen molar-refractivity contribution in [2.75, 3.05) is 24.5 Å². The average Bonchev–Trinajstić information content (AvgIpc) is 2.80. The number of aliphatic hydroxyl groups is 1. The van der Waals surface area contributed by atoms with Crippen molar-refractivity contribution in [3.8, 4) is 0 Å². The Balaban J connectivity index is 1.59. The highest BCUT2D eigenvalue weighted by Gasteiger charge is 2.23. The van der Waals surface area contributed by atoms with E-state index in [1.54, 1.807) is 0 Å². The number of amides is 1. The van der Waals surface area contributed by atoms with Crippen LogP contribution in [-0.4, -0.2) is 42.8 Å². The molecule has 132 valence electrons. The van der Waals surface area contributed by atoms with Crippen LogP contribution in [0.25, 0.3) is 0 Å². The maximum absolute atomic E-state index is 12.1. The predicted molar refractivity (Wildman–Crippen MR) is 96.1 cm³/mol. The average molecular weight is 331 g/mol. The van der Waals surface area contributed by atoms with E-state index in [9.17, 15) is 9.90 Å². The Morgan fingerprint density at radius 1 is 1.17 bits per heavy atom. The van der Waals surface area contributed by atoms with Crippen LogP contribution in [0, 0.1) is 0 Å². The topological polar surface area (TPSA) is 64.6 Å². The first-order chi connectivity index (χ1) is 11.6. The number of carbonyl (C=O) groups is 1. The van der Waals surface area contributed by atoms with Gasteiger partial charge in [0.25, 0.3) is 0 Å². The van der Waals surface area contributed by atoms with E-state index in [1.165, 1.54) is 11.3 Å². The minimum Gasteiger partial charge on any atom is -0.393 e. The molecule has 2 saturated heterocycles. The number of rotatable bonds is 4. The van der Waals surface area contributed by atoms with Crippen molar-refractivity contribution in [3.05, 3.63) is 29.8 Å². The quantitative estimate of drug-likeness (QED) is 0.789. The molecule has 2 aliphatic rings. The molecular formula is C19H29N3O2. The molecular weight excluding hydrogens is 302 g/mol. The van der Waals surface area contributed by atoms with Crippen molar-refractivity contribution < 1.29 is 9.90 Å². The third kappa shape index (κ3) is 4.28. The van der Waals surface area contributed by atoms with Gasteiger partial charge in [0, 0.05) is 31.4 Å². The maximum atomic E-state index is 12.1.